The molecule has 2 atom stereocenters. The number of likely N-dealkylation sites (tertiary alicyclic amines) is 1. The van der Waals surface area contributed by atoms with Crippen LogP contribution < -0.4 is 5.32 Å². The predicted molar refractivity (Wildman–Crippen MR) is 139 cm³/mol. The van der Waals surface area contributed by atoms with Crippen molar-refractivity contribution < 1.29 is 9.59 Å². The van der Waals surface area contributed by atoms with E-state index in [2.05, 4.69) is 33.0 Å². The van der Waals surface area contributed by atoms with Gasteiger partial charge in [0, 0.05) is 17.8 Å². The standard InChI is InChI=1S/C27H34N4O2S/c1-18(2)21-12-14-22(15-13-21)28-25(32)17-34-27-29-23-10-5-6-11-24(23)30(27)16-26(33)31-19(3)8-7-9-20(31)4/h5-6,10-15,18-20H,7-9,16-17H2,1-4H3,(H,28,32)/t19-,20-/m0/s1. The Morgan fingerprint density at radius 2 is 1.74 bits per heavy atom. The molecule has 2 aromatic carbocycles. The number of hydrogen-bond donors (Lipinski definition) is 1. The molecule has 180 valence electrons. The number of imidazole rings is 1. The summed E-state index contributed by atoms with van der Waals surface area (Å²) in [6.45, 7) is 8.79. The number of nitrogens with zero attached hydrogens (tertiary/aromatic N) is 3. The van der Waals surface area contributed by atoms with Crippen LogP contribution in [0.4, 0.5) is 5.69 Å². The fourth-order valence-corrected chi connectivity index (χ4v) is 5.54. The summed E-state index contributed by atoms with van der Waals surface area (Å²) in [5, 5.41) is 3.66. The van der Waals surface area contributed by atoms with Crippen LogP contribution in [0, 0.1) is 0 Å². The van der Waals surface area contributed by atoms with Crippen LogP contribution in [0.2, 0.25) is 0 Å². The summed E-state index contributed by atoms with van der Waals surface area (Å²) in [6.07, 6.45) is 3.25. The van der Waals surface area contributed by atoms with Crippen LogP contribution in [-0.2, 0) is 16.1 Å². The monoisotopic (exact) mass is 478 g/mol. The molecule has 0 bridgehead atoms. The first-order valence-electron chi connectivity index (χ1n) is 12.1. The maximum atomic E-state index is 13.3. The van der Waals surface area contributed by atoms with E-state index in [4.69, 9.17) is 4.98 Å². The molecule has 4 rings (SSSR count). The van der Waals surface area contributed by atoms with Gasteiger partial charge in [-0.15, -0.1) is 0 Å². The molecule has 1 aliphatic heterocycles. The second-order valence-electron chi connectivity index (χ2n) is 9.51. The number of fused-ring (bicyclic) bond motifs is 1. The number of benzene rings is 2. The topological polar surface area (TPSA) is 67.2 Å². The first-order valence-corrected chi connectivity index (χ1v) is 13.1. The summed E-state index contributed by atoms with van der Waals surface area (Å²) >= 11 is 1.37. The van der Waals surface area contributed by atoms with E-state index in [1.807, 2.05) is 58.0 Å². The second-order valence-corrected chi connectivity index (χ2v) is 10.5. The number of nitrogens with one attached hydrogen (secondary N) is 1. The molecule has 0 saturated carbocycles. The maximum absolute atomic E-state index is 13.3. The highest BCUT2D eigenvalue weighted by atomic mass is 32.2. The molecule has 6 nitrogen and oxygen atoms in total. The van der Waals surface area contributed by atoms with Gasteiger partial charge in [0.15, 0.2) is 5.16 Å². The lowest BCUT2D eigenvalue weighted by Crippen LogP contribution is -2.48. The molecule has 3 aromatic rings. The molecule has 0 aliphatic carbocycles. The average Bonchev–Trinajstić information content (AvgIpc) is 3.15. The van der Waals surface area contributed by atoms with Crippen LogP contribution in [0.1, 0.15) is 58.4 Å². The molecule has 1 N–H and O–H groups in total. The number of para-hydroxylation sites is 2. The Morgan fingerprint density at radius 1 is 1.06 bits per heavy atom. The summed E-state index contributed by atoms with van der Waals surface area (Å²) in [7, 11) is 0. The first-order chi connectivity index (χ1) is 16.3. The highest BCUT2D eigenvalue weighted by Gasteiger charge is 2.29. The van der Waals surface area contributed by atoms with Crippen LogP contribution in [-0.4, -0.2) is 44.1 Å². The van der Waals surface area contributed by atoms with Crippen molar-refractivity contribution in [3.8, 4) is 0 Å². The third-order valence-corrected chi connectivity index (χ3v) is 7.56. The van der Waals surface area contributed by atoms with E-state index in [0.29, 0.717) is 11.1 Å². The molecule has 1 aromatic heterocycles. The van der Waals surface area contributed by atoms with Crippen molar-refractivity contribution in [1.82, 2.24) is 14.5 Å². The molecule has 7 heteroatoms. The van der Waals surface area contributed by atoms with Gasteiger partial charge in [-0.3, -0.25) is 9.59 Å². The molecule has 0 spiro atoms. The van der Waals surface area contributed by atoms with Gasteiger partial charge >= 0.3 is 0 Å². The number of carbonyl (C=O) groups is 2. The van der Waals surface area contributed by atoms with Crippen LogP contribution in [0.3, 0.4) is 0 Å². The van der Waals surface area contributed by atoms with Crippen LogP contribution in [0.5, 0.6) is 0 Å². The van der Waals surface area contributed by atoms with E-state index >= 15 is 0 Å². The second kappa shape index (κ2) is 10.6. The normalized spacial score (nSPS) is 18.4. The number of amides is 2. The lowest BCUT2D eigenvalue weighted by Gasteiger charge is -2.39. The van der Waals surface area contributed by atoms with Crippen molar-refractivity contribution in [3.05, 3.63) is 54.1 Å². The number of thioether (sulfide) groups is 1. The van der Waals surface area contributed by atoms with Gasteiger partial charge in [0.2, 0.25) is 11.8 Å². The number of piperidine rings is 1. The Balaban J connectivity index is 1.47. The Kier molecular flexibility index (Phi) is 7.61. The zero-order valence-electron chi connectivity index (χ0n) is 20.5. The number of hydrogen-bond acceptors (Lipinski definition) is 4. The Hall–Kier alpha value is -2.80. The number of aromatic nitrogens is 2. The summed E-state index contributed by atoms with van der Waals surface area (Å²) in [6, 6.07) is 16.3. The van der Waals surface area contributed by atoms with E-state index < -0.39 is 0 Å². The molecular formula is C27H34N4O2S. The lowest BCUT2D eigenvalue weighted by molar-refractivity contribution is -0.138. The molecule has 34 heavy (non-hydrogen) atoms. The fraction of sp³-hybridized carbons (Fsp3) is 0.444. The minimum Gasteiger partial charge on any atom is -0.336 e. The molecule has 2 amide bonds. The quantitative estimate of drug-likeness (QED) is 0.444. The van der Waals surface area contributed by atoms with Gasteiger partial charge in [-0.1, -0.05) is 49.9 Å². The molecule has 1 saturated heterocycles. The minimum absolute atomic E-state index is 0.0921. The van der Waals surface area contributed by atoms with E-state index in [0.717, 1.165) is 36.0 Å². The molecule has 0 radical (unpaired) electrons. The van der Waals surface area contributed by atoms with Crippen molar-refractivity contribution in [1.29, 1.82) is 0 Å². The van der Waals surface area contributed by atoms with Crippen molar-refractivity contribution in [2.75, 3.05) is 11.1 Å². The highest BCUT2D eigenvalue weighted by molar-refractivity contribution is 7.99. The Labute approximate surface area is 206 Å². The number of rotatable bonds is 7. The molecule has 0 unspecified atom stereocenters. The van der Waals surface area contributed by atoms with Gasteiger partial charge in [0.25, 0.3) is 0 Å². The average molecular weight is 479 g/mol. The van der Waals surface area contributed by atoms with Gasteiger partial charge in [-0.05, 0) is 68.9 Å². The van der Waals surface area contributed by atoms with Gasteiger partial charge in [-0.2, -0.15) is 0 Å². The Bertz CT molecular complexity index is 1150. The maximum Gasteiger partial charge on any atom is 0.243 e. The van der Waals surface area contributed by atoms with E-state index in [-0.39, 0.29) is 36.2 Å². The van der Waals surface area contributed by atoms with Crippen molar-refractivity contribution in [2.45, 2.75) is 76.7 Å². The summed E-state index contributed by atoms with van der Waals surface area (Å²) in [5.74, 6) is 0.691. The zero-order valence-corrected chi connectivity index (χ0v) is 21.3. The van der Waals surface area contributed by atoms with Crippen molar-refractivity contribution >= 4 is 40.3 Å². The number of anilines is 1. The third kappa shape index (κ3) is 5.46. The van der Waals surface area contributed by atoms with Crippen molar-refractivity contribution in [3.63, 3.8) is 0 Å². The molecule has 1 aliphatic rings. The fourth-order valence-electron chi connectivity index (χ4n) is 4.72. The first kappa shape index (κ1) is 24.3. The summed E-state index contributed by atoms with van der Waals surface area (Å²) in [5.41, 5.74) is 3.78. The lowest BCUT2D eigenvalue weighted by atomic mass is 9.97. The largest absolute Gasteiger partial charge is 0.336 e. The SMILES string of the molecule is CC(C)c1ccc(NC(=O)CSc2nc3ccccc3n2CC(=O)N2[C@@H](C)CCC[C@@H]2C)cc1. The smallest absolute Gasteiger partial charge is 0.243 e. The van der Waals surface area contributed by atoms with Crippen LogP contribution >= 0.6 is 11.8 Å². The molecule has 2 heterocycles. The van der Waals surface area contributed by atoms with Gasteiger partial charge < -0.3 is 14.8 Å². The van der Waals surface area contributed by atoms with E-state index in [9.17, 15) is 9.59 Å². The third-order valence-electron chi connectivity index (χ3n) is 6.59. The van der Waals surface area contributed by atoms with Crippen LogP contribution in [0.25, 0.3) is 11.0 Å². The van der Waals surface area contributed by atoms with Crippen molar-refractivity contribution in [2.24, 2.45) is 0 Å². The highest BCUT2D eigenvalue weighted by Crippen LogP contribution is 2.27. The Morgan fingerprint density at radius 3 is 2.41 bits per heavy atom. The summed E-state index contributed by atoms with van der Waals surface area (Å²) in [4.78, 5) is 32.7. The van der Waals surface area contributed by atoms with Gasteiger partial charge in [0.05, 0.1) is 16.8 Å². The van der Waals surface area contributed by atoms with Crippen LogP contribution in [0.15, 0.2) is 53.7 Å². The van der Waals surface area contributed by atoms with Gasteiger partial charge in [-0.25, -0.2) is 4.98 Å². The van der Waals surface area contributed by atoms with E-state index in [1.54, 1.807) is 0 Å². The molecular weight excluding hydrogens is 444 g/mol. The zero-order chi connectivity index (χ0) is 24.2. The minimum atomic E-state index is -0.0921. The molecule has 1 fully saturated rings. The van der Waals surface area contributed by atoms with Gasteiger partial charge in [0.1, 0.15) is 6.54 Å². The number of carbonyl (C=O) groups excluding carboxylic acids is 2. The van der Waals surface area contributed by atoms with E-state index in [1.165, 1.54) is 17.3 Å². The summed E-state index contributed by atoms with van der Waals surface area (Å²) < 4.78 is 1.96. The predicted octanol–water partition coefficient (Wildman–Crippen LogP) is 5.68.